The van der Waals surface area contributed by atoms with Crippen molar-refractivity contribution in [2.45, 2.75) is 6.42 Å². The first-order valence-electron chi connectivity index (χ1n) is 5.98. The molecular weight excluding hydrogens is 294 g/mol. The number of hydrogen-bond acceptors (Lipinski definition) is 5. The van der Waals surface area contributed by atoms with Gasteiger partial charge in [0.05, 0.1) is 12.6 Å². The van der Waals surface area contributed by atoms with Crippen LogP contribution < -0.4 is 5.43 Å². The van der Waals surface area contributed by atoms with Crippen molar-refractivity contribution < 1.29 is 15.0 Å². The Hall–Kier alpha value is -2.60. The minimum atomic E-state index is -0.362. The quantitative estimate of drug-likeness (QED) is 0.593. The van der Waals surface area contributed by atoms with Crippen LogP contribution in [-0.4, -0.2) is 27.3 Å². The Kier molecular flexibility index (Phi) is 4.73. The topological polar surface area (TPSA) is 94.8 Å². The molecule has 21 heavy (non-hydrogen) atoms. The number of halogens is 1. The Morgan fingerprint density at radius 3 is 2.90 bits per heavy atom. The number of nitrogens with one attached hydrogen (secondary N) is 1. The van der Waals surface area contributed by atoms with E-state index in [1.54, 1.807) is 6.07 Å². The van der Waals surface area contributed by atoms with Gasteiger partial charge in [-0.25, -0.2) is 5.43 Å². The van der Waals surface area contributed by atoms with Crippen LogP contribution in [0.5, 0.6) is 11.5 Å². The molecule has 0 aliphatic heterocycles. The third-order valence-electron chi connectivity index (χ3n) is 2.60. The van der Waals surface area contributed by atoms with Crippen LogP contribution in [0.2, 0.25) is 5.02 Å². The number of hydrazone groups is 1. The molecule has 108 valence electrons. The lowest BCUT2D eigenvalue weighted by molar-refractivity contribution is -0.120. The van der Waals surface area contributed by atoms with E-state index in [1.807, 2.05) is 0 Å². The number of nitrogens with zero attached hydrogens (tertiary/aromatic N) is 2. The molecule has 1 heterocycles. The molecule has 3 N–H and O–H groups in total. The molecule has 0 aliphatic rings. The molecule has 7 heteroatoms. The zero-order valence-electron chi connectivity index (χ0n) is 10.8. The summed E-state index contributed by atoms with van der Waals surface area (Å²) >= 11 is 5.92. The van der Waals surface area contributed by atoms with Gasteiger partial charge in [0.25, 0.3) is 0 Å². The Bertz CT molecular complexity index is 689. The number of aromatic hydroxyl groups is 2. The van der Waals surface area contributed by atoms with E-state index >= 15 is 0 Å². The molecule has 0 atom stereocenters. The van der Waals surface area contributed by atoms with Crippen LogP contribution in [0.4, 0.5) is 0 Å². The molecule has 1 aromatic carbocycles. The molecule has 1 amide bonds. The number of carbonyl (C=O) groups excluding carboxylic acids is 1. The Balaban J connectivity index is 1.95. The van der Waals surface area contributed by atoms with Crippen LogP contribution in [-0.2, 0) is 11.2 Å². The van der Waals surface area contributed by atoms with Gasteiger partial charge in [-0.3, -0.25) is 9.78 Å². The summed E-state index contributed by atoms with van der Waals surface area (Å²) in [5.41, 5.74) is 3.28. The maximum Gasteiger partial charge on any atom is 0.244 e. The Morgan fingerprint density at radius 2 is 2.19 bits per heavy atom. The predicted octanol–water partition coefficient (Wildman–Crippen LogP) is 1.84. The molecule has 6 nitrogen and oxygen atoms in total. The number of carbonyl (C=O) groups is 1. The van der Waals surface area contributed by atoms with Crippen molar-refractivity contribution in [1.29, 1.82) is 0 Å². The summed E-state index contributed by atoms with van der Waals surface area (Å²) in [5.74, 6) is -0.553. The molecule has 0 spiro atoms. The van der Waals surface area contributed by atoms with E-state index in [9.17, 15) is 9.90 Å². The third-order valence-corrected chi connectivity index (χ3v) is 2.97. The molecule has 1 aromatic heterocycles. The first kappa shape index (κ1) is 14.8. The highest BCUT2D eigenvalue weighted by Gasteiger charge is 2.06. The second-order valence-corrected chi connectivity index (χ2v) is 4.59. The average molecular weight is 306 g/mol. The van der Waals surface area contributed by atoms with E-state index in [0.29, 0.717) is 16.1 Å². The van der Waals surface area contributed by atoms with Crippen LogP contribution >= 0.6 is 11.6 Å². The van der Waals surface area contributed by atoms with Crippen LogP contribution in [0.15, 0.2) is 41.8 Å². The summed E-state index contributed by atoms with van der Waals surface area (Å²) in [5, 5.41) is 22.9. The summed E-state index contributed by atoms with van der Waals surface area (Å²) in [6.45, 7) is 0. The standard InChI is InChI=1S/C14H12ClN3O3/c15-12-3-4-16-7-10(12)5-14(21)18-17-8-9-1-2-11(19)6-13(9)20/h1-4,6-8,19-20H,5H2,(H,18,21)/b17-8-. The van der Waals surface area contributed by atoms with Gasteiger partial charge in [-0.1, -0.05) is 11.6 Å². The van der Waals surface area contributed by atoms with Gasteiger partial charge in [0.2, 0.25) is 5.91 Å². The maximum atomic E-state index is 11.7. The van der Waals surface area contributed by atoms with Gasteiger partial charge in [-0.15, -0.1) is 0 Å². The van der Waals surface area contributed by atoms with E-state index in [1.165, 1.54) is 36.8 Å². The highest BCUT2D eigenvalue weighted by Crippen LogP contribution is 2.20. The molecule has 0 saturated carbocycles. The number of aromatic nitrogens is 1. The lowest BCUT2D eigenvalue weighted by Gasteiger charge is -2.02. The van der Waals surface area contributed by atoms with E-state index < -0.39 is 0 Å². The van der Waals surface area contributed by atoms with Crippen molar-refractivity contribution in [2.75, 3.05) is 0 Å². The summed E-state index contributed by atoms with van der Waals surface area (Å²) in [6.07, 6.45) is 4.37. The van der Waals surface area contributed by atoms with Crippen LogP contribution in [0.3, 0.4) is 0 Å². The number of pyridine rings is 1. The fourth-order valence-electron chi connectivity index (χ4n) is 1.57. The number of benzene rings is 1. The fraction of sp³-hybridized carbons (Fsp3) is 0.0714. The van der Waals surface area contributed by atoms with Crippen molar-refractivity contribution >= 4 is 23.7 Å². The molecular formula is C14H12ClN3O3. The predicted molar refractivity (Wildman–Crippen MR) is 78.5 cm³/mol. The van der Waals surface area contributed by atoms with Gasteiger partial charge in [0.1, 0.15) is 11.5 Å². The number of rotatable bonds is 4. The van der Waals surface area contributed by atoms with Crippen LogP contribution in [0.1, 0.15) is 11.1 Å². The zero-order chi connectivity index (χ0) is 15.2. The Morgan fingerprint density at radius 1 is 1.38 bits per heavy atom. The van der Waals surface area contributed by atoms with Crippen molar-refractivity contribution in [3.8, 4) is 11.5 Å². The van der Waals surface area contributed by atoms with Gasteiger partial charge in [0, 0.05) is 29.0 Å². The molecule has 0 saturated heterocycles. The first-order chi connectivity index (χ1) is 10.1. The highest BCUT2D eigenvalue weighted by atomic mass is 35.5. The molecule has 2 rings (SSSR count). The average Bonchev–Trinajstić information content (AvgIpc) is 2.44. The maximum absolute atomic E-state index is 11.7. The fourth-order valence-corrected chi connectivity index (χ4v) is 1.74. The number of phenolic OH excluding ortho intramolecular Hbond substituents is 2. The second kappa shape index (κ2) is 6.71. The van der Waals surface area contributed by atoms with Gasteiger partial charge in [-0.2, -0.15) is 5.10 Å². The summed E-state index contributed by atoms with van der Waals surface area (Å²) < 4.78 is 0. The molecule has 0 aliphatic carbocycles. The van der Waals surface area contributed by atoms with Gasteiger partial charge in [0.15, 0.2) is 0 Å². The summed E-state index contributed by atoms with van der Waals surface area (Å²) in [7, 11) is 0. The molecule has 0 unspecified atom stereocenters. The van der Waals surface area contributed by atoms with E-state index in [4.69, 9.17) is 16.7 Å². The second-order valence-electron chi connectivity index (χ2n) is 4.18. The lowest BCUT2D eigenvalue weighted by Crippen LogP contribution is -2.20. The number of hydrogen-bond donors (Lipinski definition) is 3. The smallest absolute Gasteiger partial charge is 0.244 e. The van der Waals surface area contributed by atoms with Crippen molar-refractivity contribution in [2.24, 2.45) is 5.10 Å². The van der Waals surface area contributed by atoms with Crippen molar-refractivity contribution in [1.82, 2.24) is 10.4 Å². The highest BCUT2D eigenvalue weighted by molar-refractivity contribution is 6.31. The summed E-state index contributed by atoms with van der Waals surface area (Å²) in [4.78, 5) is 15.6. The van der Waals surface area contributed by atoms with Crippen molar-refractivity contribution in [3.63, 3.8) is 0 Å². The minimum Gasteiger partial charge on any atom is -0.508 e. The normalized spacial score (nSPS) is 10.7. The monoisotopic (exact) mass is 305 g/mol. The molecule has 0 radical (unpaired) electrons. The van der Waals surface area contributed by atoms with E-state index in [0.717, 1.165) is 0 Å². The van der Waals surface area contributed by atoms with Gasteiger partial charge >= 0.3 is 0 Å². The largest absolute Gasteiger partial charge is 0.508 e. The Labute approximate surface area is 125 Å². The minimum absolute atomic E-state index is 0.0472. The summed E-state index contributed by atoms with van der Waals surface area (Å²) in [6, 6.07) is 5.65. The molecule has 0 bridgehead atoms. The van der Waals surface area contributed by atoms with Crippen LogP contribution in [0.25, 0.3) is 0 Å². The van der Waals surface area contributed by atoms with Crippen LogP contribution in [0, 0.1) is 0 Å². The number of phenols is 2. The van der Waals surface area contributed by atoms with E-state index in [2.05, 4.69) is 15.5 Å². The first-order valence-corrected chi connectivity index (χ1v) is 6.36. The SMILES string of the molecule is O=C(Cc1cnccc1Cl)N/N=C\c1ccc(O)cc1O. The zero-order valence-corrected chi connectivity index (χ0v) is 11.6. The molecule has 0 fully saturated rings. The van der Waals surface area contributed by atoms with Gasteiger partial charge in [-0.05, 0) is 23.8 Å². The third kappa shape index (κ3) is 4.19. The van der Waals surface area contributed by atoms with Crippen molar-refractivity contribution in [3.05, 3.63) is 52.8 Å². The number of amides is 1. The molecule has 2 aromatic rings. The van der Waals surface area contributed by atoms with E-state index in [-0.39, 0.29) is 23.8 Å². The van der Waals surface area contributed by atoms with Gasteiger partial charge < -0.3 is 10.2 Å². The lowest BCUT2D eigenvalue weighted by atomic mass is 10.2.